The van der Waals surface area contributed by atoms with E-state index in [1.54, 1.807) is 12.1 Å². The Morgan fingerprint density at radius 1 is 1.33 bits per heavy atom. The van der Waals surface area contributed by atoms with Gasteiger partial charge in [-0.15, -0.1) is 0 Å². The highest BCUT2D eigenvalue weighted by atomic mass is 35.7. The van der Waals surface area contributed by atoms with Gasteiger partial charge in [-0.3, -0.25) is 0 Å². The highest BCUT2D eigenvalue weighted by Gasteiger charge is 2.09. The number of ether oxygens (including phenoxy) is 1. The molecule has 0 radical (unpaired) electrons. The Kier molecular flexibility index (Phi) is 3.99. The first kappa shape index (κ1) is 12.3. The van der Waals surface area contributed by atoms with Crippen molar-refractivity contribution in [2.24, 2.45) is 0 Å². The van der Waals surface area contributed by atoms with Gasteiger partial charge in [-0.25, -0.2) is 8.42 Å². The van der Waals surface area contributed by atoms with Gasteiger partial charge in [-0.1, -0.05) is 6.92 Å². The van der Waals surface area contributed by atoms with Gasteiger partial charge in [0.05, 0.1) is 11.0 Å². The van der Waals surface area contributed by atoms with E-state index in [0.29, 0.717) is 5.75 Å². The van der Waals surface area contributed by atoms with Gasteiger partial charge < -0.3 is 4.74 Å². The fourth-order valence-corrected chi connectivity index (χ4v) is 1.77. The van der Waals surface area contributed by atoms with Crippen molar-refractivity contribution in [3.05, 3.63) is 24.3 Å². The molecule has 1 unspecified atom stereocenters. The van der Waals surface area contributed by atoms with Crippen LogP contribution in [-0.4, -0.2) is 14.5 Å². The maximum Gasteiger partial charge on any atom is 0.261 e. The van der Waals surface area contributed by atoms with Crippen LogP contribution in [0.25, 0.3) is 0 Å². The van der Waals surface area contributed by atoms with E-state index < -0.39 is 9.05 Å². The molecule has 0 spiro atoms. The van der Waals surface area contributed by atoms with Crippen LogP contribution in [0, 0.1) is 0 Å². The molecule has 1 atom stereocenters. The summed E-state index contributed by atoms with van der Waals surface area (Å²) in [7, 11) is 1.54. The summed E-state index contributed by atoms with van der Waals surface area (Å²) in [5, 5.41) is 0. The molecule has 3 nitrogen and oxygen atoms in total. The first-order valence-corrected chi connectivity index (χ1v) is 6.96. The molecule has 0 N–H and O–H groups in total. The lowest BCUT2D eigenvalue weighted by Gasteiger charge is -2.12. The van der Waals surface area contributed by atoms with Crippen LogP contribution in [0.1, 0.15) is 20.3 Å². The van der Waals surface area contributed by atoms with Crippen molar-refractivity contribution >= 4 is 19.7 Å². The normalized spacial score (nSPS) is 13.5. The van der Waals surface area contributed by atoms with E-state index in [0.717, 1.165) is 6.42 Å². The lowest BCUT2D eigenvalue weighted by atomic mass is 10.3. The summed E-state index contributed by atoms with van der Waals surface area (Å²) in [6.45, 7) is 3.97. The minimum atomic E-state index is -3.64. The van der Waals surface area contributed by atoms with Gasteiger partial charge in [0, 0.05) is 10.7 Å². The van der Waals surface area contributed by atoms with E-state index >= 15 is 0 Å². The first-order valence-electron chi connectivity index (χ1n) is 4.65. The van der Waals surface area contributed by atoms with Gasteiger partial charge in [0.2, 0.25) is 0 Å². The van der Waals surface area contributed by atoms with Gasteiger partial charge >= 0.3 is 0 Å². The minimum Gasteiger partial charge on any atom is -0.491 e. The van der Waals surface area contributed by atoms with Crippen LogP contribution in [0.4, 0.5) is 0 Å². The monoisotopic (exact) mass is 248 g/mol. The van der Waals surface area contributed by atoms with Crippen LogP contribution >= 0.6 is 10.7 Å². The fourth-order valence-electron chi connectivity index (χ4n) is 0.996. The van der Waals surface area contributed by atoms with E-state index in [9.17, 15) is 8.42 Å². The third-order valence-corrected chi connectivity index (χ3v) is 3.39. The molecule has 0 aliphatic heterocycles. The molecule has 0 fully saturated rings. The van der Waals surface area contributed by atoms with Crippen LogP contribution in [0.2, 0.25) is 0 Å². The highest BCUT2D eigenvalue weighted by molar-refractivity contribution is 8.13. The van der Waals surface area contributed by atoms with Crippen LogP contribution in [0.5, 0.6) is 5.75 Å². The average Bonchev–Trinajstić information content (AvgIpc) is 2.17. The molecule has 84 valence electrons. The van der Waals surface area contributed by atoms with E-state index in [1.165, 1.54) is 12.1 Å². The lowest BCUT2D eigenvalue weighted by Crippen LogP contribution is -2.09. The van der Waals surface area contributed by atoms with Crippen molar-refractivity contribution in [2.75, 3.05) is 0 Å². The van der Waals surface area contributed by atoms with E-state index in [1.807, 2.05) is 13.8 Å². The maximum atomic E-state index is 10.9. The minimum absolute atomic E-state index is 0.0840. The molecule has 0 aromatic heterocycles. The molecular formula is C10H13ClO3S. The predicted octanol–water partition coefficient (Wildman–Crippen LogP) is 2.79. The fraction of sp³-hybridized carbons (Fsp3) is 0.400. The Morgan fingerprint density at radius 2 is 1.87 bits per heavy atom. The Balaban J connectivity index is 2.82. The summed E-state index contributed by atoms with van der Waals surface area (Å²) in [6, 6.07) is 6.06. The number of rotatable bonds is 4. The molecule has 1 aromatic rings. The topological polar surface area (TPSA) is 43.4 Å². The summed E-state index contributed by atoms with van der Waals surface area (Å²) in [5.74, 6) is 0.647. The Labute approximate surface area is 94.4 Å². The average molecular weight is 249 g/mol. The first-order chi connectivity index (χ1) is 6.93. The SMILES string of the molecule is CCC(C)Oc1ccc(S(=O)(=O)Cl)cc1. The van der Waals surface area contributed by atoms with Crippen molar-refractivity contribution in [1.29, 1.82) is 0 Å². The summed E-state index contributed by atoms with van der Waals surface area (Å²) in [5.41, 5.74) is 0. The summed E-state index contributed by atoms with van der Waals surface area (Å²) in [6.07, 6.45) is 1.01. The number of hydrogen-bond donors (Lipinski definition) is 0. The molecule has 0 saturated carbocycles. The van der Waals surface area contributed by atoms with Gasteiger partial charge in [0.15, 0.2) is 0 Å². The molecule has 0 aliphatic carbocycles. The second-order valence-electron chi connectivity index (χ2n) is 3.25. The van der Waals surface area contributed by atoms with Gasteiger partial charge in [-0.2, -0.15) is 0 Å². The Bertz CT molecular complexity index is 411. The Morgan fingerprint density at radius 3 is 2.27 bits per heavy atom. The number of hydrogen-bond acceptors (Lipinski definition) is 3. The summed E-state index contributed by atoms with van der Waals surface area (Å²) >= 11 is 0. The third kappa shape index (κ3) is 3.72. The van der Waals surface area contributed by atoms with Crippen LogP contribution in [0.15, 0.2) is 29.2 Å². The zero-order valence-corrected chi connectivity index (χ0v) is 10.2. The highest BCUT2D eigenvalue weighted by Crippen LogP contribution is 2.20. The predicted molar refractivity (Wildman–Crippen MR) is 59.9 cm³/mol. The molecule has 15 heavy (non-hydrogen) atoms. The Hall–Kier alpha value is -0.740. The smallest absolute Gasteiger partial charge is 0.261 e. The van der Waals surface area contributed by atoms with Crippen LogP contribution in [0.3, 0.4) is 0 Å². The van der Waals surface area contributed by atoms with Crippen molar-refractivity contribution < 1.29 is 13.2 Å². The van der Waals surface area contributed by atoms with Crippen molar-refractivity contribution in [3.63, 3.8) is 0 Å². The molecule has 0 saturated heterocycles. The van der Waals surface area contributed by atoms with Crippen molar-refractivity contribution in [2.45, 2.75) is 31.3 Å². The molecule has 0 aliphatic rings. The molecule has 0 bridgehead atoms. The lowest BCUT2D eigenvalue weighted by molar-refractivity contribution is 0.217. The van der Waals surface area contributed by atoms with E-state index in [2.05, 4.69) is 0 Å². The quantitative estimate of drug-likeness (QED) is 0.770. The molecule has 0 amide bonds. The third-order valence-electron chi connectivity index (χ3n) is 2.02. The van der Waals surface area contributed by atoms with E-state index in [-0.39, 0.29) is 11.0 Å². The van der Waals surface area contributed by atoms with Crippen molar-refractivity contribution in [3.8, 4) is 5.75 Å². The summed E-state index contributed by atoms with van der Waals surface area (Å²) < 4.78 is 27.4. The maximum absolute atomic E-state index is 10.9. The van der Waals surface area contributed by atoms with E-state index in [4.69, 9.17) is 15.4 Å². The van der Waals surface area contributed by atoms with Gasteiger partial charge in [0.25, 0.3) is 9.05 Å². The number of halogens is 1. The standard InChI is InChI=1S/C10H13ClO3S/c1-3-8(2)14-9-4-6-10(7-5-9)15(11,12)13/h4-8H,3H2,1-2H3. The van der Waals surface area contributed by atoms with Crippen molar-refractivity contribution in [1.82, 2.24) is 0 Å². The molecular weight excluding hydrogens is 236 g/mol. The molecule has 1 aromatic carbocycles. The zero-order valence-electron chi connectivity index (χ0n) is 8.60. The molecule has 1 rings (SSSR count). The molecule has 5 heteroatoms. The van der Waals surface area contributed by atoms with Gasteiger partial charge in [-0.05, 0) is 37.6 Å². The second-order valence-corrected chi connectivity index (χ2v) is 5.81. The largest absolute Gasteiger partial charge is 0.491 e. The second kappa shape index (κ2) is 4.86. The summed E-state index contributed by atoms with van der Waals surface area (Å²) in [4.78, 5) is 0.0840. The van der Waals surface area contributed by atoms with Gasteiger partial charge in [0.1, 0.15) is 5.75 Å². The number of benzene rings is 1. The van der Waals surface area contributed by atoms with Crippen LogP contribution < -0.4 is 4.74 Å². The van der Waals surface area contributed by atoms with Crippen LogP contribution in [-0.2, 0) is 9.05 Å². The zero-order chi connectivity index (χ0) is 11.5. The molecule has 0 heterocycles.